The number of hydrogen-bond acceptors (Lipinski definition) is 1. The lowest BCUT2D eigenvalue weighted by Gasteiger charge is -2.26. The highest BCUT2D eigenvalue weighted by molar-refractivity contribution is 6.30. The van der Waals surface area contributed by atoms with Gasteiger partial charge in [0.15, 0.2) is 5.60 Å². The summed E-state index contributed by atoms with van der Waals surface area (Å²) in [7, 11) is 0. The van der Waals surface area contributed by atoms with E-state index in [1.54, 1.807) is 0 Å². The number of hydrogen-bond donors (Lipinski definition) is 1. The van der Waals surface area contributed by atoms with Crippen LogP contribution < -0.4 is 0 Å². The highest BCUT2D eigenvalue weighted by Crippen LogP contribution is 2.38. The summed E-state index contributed by atoms with van der Waals surface area (Å²) in [6, 6.07) is 4.90. The number of rotatable bonds is 1. The molecule has 1 aromatic carbocycles. The predicted octanol–water partition coefficient (Wildman–Crippen LogP) is 3.11. The zero-order valence-electron chi connectivity index (χ0n) is 7.27. The van der Waals surface area contributed by atoms with Gasteiger partial charge in [0.25, 0.3) is 0 Å². The fourth-order valence-corrected chi connectivity index (χ4v) is 1.06. The lowest BCUT2D eigenvalue weighted by atomic mass is 9.96. The van der Waals surface area contributed by atoms with E-state index < -0.39 is 11.8 Å². The summed E-state index contributed by atoms with van der Waals surface area (Å²) in [5.74, 6) is 0. The third kappa shape index (κ3) is 2.01. The first-order valence-corrected chi connectivity index (χ1v) is 4.18. The second-order valence-electron chi connectivity index (χ2n) is 3.08. The van der Waals surface area contributed by atoms with Crippen molar-refractivity contribution in [3.63, 3.8) is 0 Å². The number of halogens is 4. The van der Waals surface area contributed by atoms with Crippen LogP contribution in [0.3, 0.4) is 0 Å². The fourth-order valence-electron chi connectivity index (χ4n) is 0.938. The molecule has 0 heterocycles. The minimum atomic E-state index is -4.69. The van der Waals surface area contributed by atoms with Crippen LogP contribution in [-0.2, 0) is 5.60 Å². The van der Waals surface area contributed by atoms with E-state index in [-0.39, 0.29) is 5.56 Å². The second-order valence-corrected chi connectivity index (χ2v) is 3.51. The van der Waals surface area contributed by atoms with E-state index in [0.29, 0.717) is 11.9 Å². The molecule has 0 unspecified atom stereocenters. The molecule has 0 saturated heterocycles. The Hall–Kier alpha value is -0.740. The molecule has 1 aromatic rings. The second kappa shape index (κ2) is 3.44. The van der Waals surface area contributed by atoms with Crippen LogP contribution >= 0.6 is 11.6 Å². The molecule has 1 nitrogen and oxygen atoms in total. The molecule has 14 heavy (non-hydrogen) atoms. The number of aliphatic hydroxyl groups is 1. The summed E-state index contributed by atoms with van der Waals surface area (Å²) in [4.78, 5) is 0. The third-order valence-electron chi connectivity index (χ3n) is 1.96. The SMILES string of the molecule is C[C@](O)(c1ccc(Cl)cc1)C(F)(F)F. The molecule has 0 fully saturated rings. The van der Waals surface area contributed by atoms with Crippen molar-refractivity contribution < 1.29 is 18.3 Å². The van der Waals surface area contributed by atoms with Crippen molar-refractivity contribution in [1.29, 1.82) is 0 Å². The lowest BCUT2D eigenvalue weighted by molar-refractivity contribution is -0.258. The Balaban J connectivity index is 3.10. The number of benzene rings is 1. The van der Waals surface area contributed by atoms with E-state index >= 15 is 0 Å². The Bertz CT molecular complexity index is 316. The summed E-state index contributed by atoms with van der Waals surface area (Å²) in [6.07, 6.45) is -4.69. The summed E-state index contributed by atoms with van der Waals surface area (Å²) >= 11 is 5.51. The Kier molecular flexibility index (Phi) is 2.78. The van der Waals surface area contributed by atoms with Crippen LogP contribution in [0.4, 0.5) is 13.2 Å². The first-order chi connectivity index (χ1) is 6.25. The maximum Gasteiger partial charge on any atom is 0.421 e. The minimum Gasteiger partial charge on any atom is -0.376 e. The van der Waals surface area contributed by atoms with E-state index in [1.807, 2.05) is 0 Å². The molecule has 0 aliphatic rings. The molecule has 0 aromatic heterocycles. The molecular weight excluding hydrogens is 217 g/mol. The normalized spacial score (nSPS) is 16.4. The van der Waals surface area contributed by atoms with Crippen molar-refractivity contribution in [3.8, 4) is 0 Å². The number of alkyl halides is 3. The van der Waals surface area contributed by atoms with Crippen molar-refractivity contribution in [1.82, 2.24) is 0 Å². The van der Waals surface area contributed by atoms with Crippen molar-refractivity contribution in [2.75, 3.05) is 0 Å². The van der Waals surface area contributed by atoms with Gasteiger partial charge in [0.2, 0.25) is 0 Å². The van der Waals surface area contributed by atoms with Gasteiger partial charge in [-0.15, -0.1) is 0 Å². The molecule has 1 atom stereocenters. The summed E-state index contributed by atoms with van der Waals surface area (Å²) in [6.45, 7) is 0.705. The van der Waals surface area contributed by atoms with Gasteiger partial charge in [-0.05, 0) is 24.6 Å². The Morgan fingerprint density at radius 2 is 1.57 bits per heavy atom. The van der Waals surface area contributed by atoms with E-state index in [4.69, 9.17) is 11.6 Å². The Labute approximate surface area is 84.1 Å². The van der Waals surface area contributed by atoms with Crippen LogP contribution in [0.15, 0.2) is 24.3 Å². The third-order valence-corrected chi connectivity index (χ3v) is 2.21. The monoisotopic (exact) mass is 224 g/mol. The summed E-state index contributed by atoms with van der Waals surface area (Å²) < 4.78 is 37.0. The molecule has 0 aliphatic heterocycles. The zero-order valence-corrected chi connectivity index (χ0v) is 8.02. The Morgan fingerprint density at radius 1 is 1.14 bits per heavy atom. The molecular formula is C9H8ClF3O. The van der Waals surface area contributed by atoms with Crippen LogP contribution in [-0.4, -0.2) is 11.3 Å². The van der Waals surface area contributed by atoms with E-state index in [9.17, 15) is 18.3 Å². The van der Waals surface area contributed by atoms with Gasteiger partial charge in [-0.25, -0.2) is 0 Å². The van der Waals surface area contributed by atoms with Crippen molar-refractivity contribution in [2.45, 2.75) is 18.7 Å². The largest absolute Gasteiger partial charge is 0.421 e. The predicted molar refractivity (Wildman–Crippen MR) is 47.1 cm³/mol. The van der Waals surface area contributed by atoms with Gasteiger partial charge in [-0.2, -0.15) is 13.2 Å². The average molecular weight is 225 g/mol. The lowest BCUT2D eigenvalue weighted by Crippen LogP contribution is -2.39. The van der Waals surface area contributed by atoms with Crippen LogP contribution in [0.25, 0.3) is 0 Å². The maximum absolute atomic E-state index is 12.3. The van der Waals surface area contributed by atoms with Gasteiger partial charge in [-0.3, -0.25) is 0 Å². The zero-order chi connectivity index (χ0) is 11.0. The van der Waals surface area contributed by atoms with Gasteiger partial charge in [-0.1, -0.05) is 23.7 Å². The molecule has 0 bridgehead atoms. The van der Waals surface area contributed by atoms with Gasteiger partial charge in [0, 0.05) is 5.02 Å². The first-order valence-electron chi connectivity index (χ1n) is 3.80. The van der Waals surface area contributed by atoms with Crippen LogP contribution in [0, 0.1) is 0 Å². The summed E-state index contributed by atoms with van der Waals surface area (Å²) in [5.41, 5.74) is -3.06. The van der Waals surface area contributed by atoms with Crippen LogP contribution in [0.1, 0.15) is 12.5 Å². The van der Waals surface area contributed by atoms with Gasteiger partial charge in [0.05, 0.1) is 0 Å². The standard InChI is InChI=1S/C9H8ClF3O/c1-8(14,9(11,12)13)6-2-4-7(10)5-3-6/h2-5,14H,1H3/t8-/m0/s1. The van der Waals surface area contributed by atoms with Crippen molar-refractivity contribution >= 4 is 11.6 Å². The molecule has 78 valence electrons. The molecule has 1 N–H and O–H groups in total. The van der Waals surface area contributed by atoms with Crippen molar-refractivity contribution in [3.05, 3.63) is 34.9 Å². The fraction of sp³-hybridized carbons (Fsp3) is 0.333. The molecule has 0 saturated carbocycles. The molecule has 1 rings (SSSR count). The average Bonchev–Trinajstić information content (AvgIpc) is 2.03. The van der Waals surface area contributed by atoms with E-state index in [2.05, 4.69) is 0 Å². The first kappa shape index (κ1) is 11.3. The quantitative estimate of drug-likeness (QED) is 0.777. The van der Waals surface area contributed by atoms with E-state index in [1.165, 1.54) is 12.1 Å². The minimum absolute atomic E-state index is 0.227. The van der Waals surface area contributed by atoms with Crippen LogP contribution in [0.2, 0.25) is 5.02 Å². The molecule has 0 amide bonds. The molecule has 0 radical (unpaired) electrons. The smallest absolute Gasteiger partial charge is 0.376 e. The van der Waals surface area contributed by atoms with Gasteiger partial charge in [0.1, 0.15) is 0 Å². The topological polar surface area (TPSA) is 20.2 Å². The van der Waals surface area contributed by atoms with Crippen LogP contribution in [0.5, 0.6) is 0 Å². The van der Waals surface area contributed by atoms with E-state index in [0.717, 1.165) is 12.1 Å². The molecule has 5 heteroatoms. The highest BCUT2D eigenvalue weighted by Gasteiger charge is 2.50. The molecule has 0 spiro atoms. The van der Waals surface area contributed by atoms with Gasteiger partial charge < -0.3 is 5.11 Å². The maximum atomic E-state index is 12.3. The van der Waals surface area contributed by atoms with Crippen molar-refractivity contribution in [2.24, 2.45) is 0 Å². The summed E-state index contributed by atoms with van der Waals surface area (Å²) in [5, 5.41) is 9.57. The molecule has 0 aliphatic carbocycles. The van der Waals surface area contributed by atoms with Gasteiger partial charge >= 0.3 is 6.18 Å². The highest BCUT2D eigenvalue weighted by atomic mass is 35.5. The Morgan fingerprint density at radius 3 is 1.93 bits per heavy atom.